The van der Waals surface area contributed by atoms with Crippen molar-refractivity contribution in [3.8, 4) is 17.2 Å². The standard InChI is InChI=1S/C22H21Cl2N3O3/c1-29-19-8-3-13(9-20(19)30-2)11-25-22(28)16-12-26-27(21(16)14-4-5-14)18-7-6-15(23)10-17(18)24/h3,6-10,12,14H,4-5,11H2,1-2H3,(H,25,28). The molecular formula is C22H21Cl2N3O3. The van der Waals surface area contributed by atoms with Gasteiger partial charge in [-0.3, -0.25) is 4.79 Å². The number of nitrogens with zero attached hydrogens (tertiary/aromatic N) is 2. The first kappa shape index (κ1) is 20.6. The van der Waals surface area contributed by atoms with E-state index < -0.39 is 0 Å². The van der Waals surface area contributed by atoms with E-state index in [1.54, 1.807) is 37.2 Å². The molecule has 0 radical (unpaired) electrons. The third-order valence-electron chi connectivity index (χ3n) is 5.05. The maximum atomic E-state index is 13.0. The van der Waals surface area contributed by atoms with E-state index in [-0.39, 0.29) is 5.91 Å². The normalized spacial score (nSPS) is 13.2. The lowest BCUT2D eigenvalue weighted by Crippen LogP contribution is -2.23. The first-order chi connectivity index (χ1) is 14.5. The topological polar surface area (TPSA) is 65.4 Å². The monoisotopic (exact) mass is 445 g/mol. The third kappa shape index (κ3) is 4.11. The highest BCUT2D eigenvalue weighted by Crippen LogP contribution is 2.43. The molecule has 6 nitrogen and oxygen atoms in total. The lowest BCUT2D eigenvalue weighted by Gasteiger charge is -2.12. The molecule has 156 valence electrons. The first-order valence-corrected chi connectivity index (χ1v) is 10.3. The number of hydrogen-bond donors (Lipinski definition) is 1. The smallest absolute Gasteiger partial charge is 0.255 e. The number of ether oxygens (including phenoxy) is 2. The minimum Gasteiger partial charge on any atom is -0.493 e. The summed E-state index contributed by atoms with van der Waals surface area (Å²) in [6.07, 6.45) is 3.64. The zero-order valence-electron chi connectivity index (χ0n) is 16.6. The van der Waals surface area contributed by atoms with Gasteiger partial charge in [-0.2, -0.15) is 5.10 Å². The van der Waals surface area contributed by atoms with Gasteiger partial charge in [0.15, 0.2) is 11.5 Å². The van der Waals surface area contributed by atoms with Crippen molar-refractivity contribution in [1.29, 1.82) is 0 Å². The summed E-state index contributed by atoms with van der Waals surface area (Å²) >= 11 is 12.4. The highest BCUT2D eigenvalue weighted by molar-refractivity contribution is 6.35. The molecule has 0 unspecified atom stereocenters. The maximum Gasteiger partial charge on any atom is 0.255 e. The molecule has 8 heteroatoms. The van der Waals surface area contributed by atoms with Crippen LogP contribution >= 0.6 is 23.2 Å². The van der Waals surface area contributed by atoms with Crippen LogP contribution in [0, 0.1) is 0 Å². The molecule has 1 aromatic heterocycles. The van der Waals surface area contributed by atoms with Gasteiger partial charge in [-0.15, -0.1) is 0 Å². The molecule has 1 N–H and O–H groups in total. The van der Waals surface area contributed by atoms with Crippen LogP contribution < -0.4 is 14.8 Å². The van der Waals surface area contributed by atoms with Crippen molar-refractivity contribution >= 4 is 29.1 Å². The second-order valence-electron chi connectivity index (χ2n) is 7.10. The largest absolute Gasteiger partial charge is 0.493 e. The molecule has 0 atom stereocenters. The van der Waals surface area contributed by atoms with Crippen LogP contribution in [0.1, 0.15) is 40.4 Å². The van der Waals surface area contributed by atoms with Crippen LogP contribution in [-0.2, 0) is 6.54 Å². The van der Waals surface area contributed by atoms with E-state index in [0.29, 0.717) is 45.3 Å². The van der Waals surface area contributed by atoms with Gasteiger partial charge in [0.2, 0.25) is 0 Å². The summed E-state index contributed by atoms with van der Waals surface area (Å²) in [5, 5.41) is 8.47. The van der Waals surface area contributed by atoms with E-state index >= 15 is 0 Å². The van der Waals surface area contributed by atoms with Crippen LogP contribution in [0.25, 0.3) is 5.69 Å². The van der Waals surface area contributed by atoms with Crippen molar-refractivity contribution < 1.29 is 14.3 Å². The fraction of sp³-hybridized carbons (Fsp3) is 0.273. The molecule has 30 heavy (non-hydrogen) atoms. The van der Waals surface area contributed by atoms with Crippen molar-refractivity contribution in [2.45, 2.75) is 25.3 Å². The fourth-order valence-electron chi connectivity index (χ4n) is 3.40. The summed E-state index contributed by atoms with van der Waals surface area (Å²) in [6.45, 7) is 0.357. The van der Waals surface area contributed by atoms with Gasteiger partial charge < -0.3 is 14.8 Å². The molecule has 2 aromatic carbocycles. The average molecular weight is 446 g/mol. The number of aromatic nitrogens is 2. The highest BCUT2D eigenvalue weighted by Gasteiger charge is 2.33. The van der Waals surface area contributed by atoms with Crippen molar-refractivity contribution in [2.75, 3.05) is 14.2 Å². The molecule has 1 aliphatic carbocycles. The zero-order valence-corrected chi connectivity index (χ0v) is 18.1. The van der Waals surface area contributed by atoms with Crippen LogP contribution in [0.2, 0.25) is 10.0 Å². The number of carbonyl (C=O) groups excluding carboxylic acids is 1. The Morgan fingerprint density at radius 2 is 1.90 bits per heavy atom. The van der Waals surface area contributed by atoms with E-state index in [2.05, 4.69) is 10.4 Å². The fourth-order valence-corrected chi connectivity index (χ4v) is 3.88. The van der Waals surface area contributed by atoms with E-state index in [1.165, 1.54) is 0 Å². The van der Waals surface area contributed by atoms with Gasteiger partial charge >= 0.3 is 0 Å². The van der Waals surface area contributed by atoms with Crippen molar-refractivity contribution in [3.63, 3.8) is 0 Å². The molecule has 0 saturated heterocycles. The zero-order chi connectivity index (χ0) is 21.3. The maximum absolute atomic E-state index is 13.0. The third-order valence-corrected chi connectivity index (χ3v) is 5.59. The number of amides is 1. The van der Waals surface area contributed by atoms with E-state index in [1.807, 2.05) is 24.3 Å². The van der Waals surface area contributed by atoms with Crippen LogP contribution in [0.4, 0.5) is 0 Å². The Morgan fingerprint density at radius 1 is 1.13 bits per heavy atom. The Kier molecular flexibility index (Phi) is 5.88. The molecule has 1 aliphatic rings. The van der Waals surface area contributed by atoms with Gasteiger partial charge in [0.05, 0.1) is 42.4 Å². The summed E-state index contributed by atoms with van der Waals surface area (Å²) in [7, 11) is 3.17. The number of nitrogens with one attached hydrogen (secondary N) is 1. The molecule has 1 amide bonds. The Hall–Kier alpha value is -2.70. The number of carbonyl (C=O) groups is 1. The summed E-state index contributed by atoms with van der Waals surface area (Å²) in [5.41, 5.74) is 3.05. The minimum absolute atomic E-state index is 0.178. The summed E-state index contributed by atoms with van der Waals surface area (Å²) < 4.78 is 12.3. The minimum atomic E-state index is -0.178. The number of hydrogen-bond acceptors (Lipinski definition) is 4. The van der Waals surface area contributed by atoms with Crippen LogP contribution in [0.3, 0.4) is 0 Å². The lowest BCUT2D eigenvalue weighted by molar-refractivity contribution is 0.0950. The number of halogens is 2. The molecule has 1 heterocycles. The Morgan fingerprint density at radius 3 is 2.57 bits per heavy atom. The van der Waals surface area contributed by atoms with Gasteiger partial charge in [-0.05, 0) is 48.7 Å². The molecular weight excluding hydrogens is 425 g/mol. The average Bonchev–Trinajstić information content (AvgIpc) is 3.50. The van der Waals surface area contributed by atoms with Crippen molar-refractivity contribution in [2.24, 2.45) is 0 Å². The van der Waals surface area contributed by atoms with Crippen LogP contribution in [0.5, 0.6) is 11.5 Å². The van der Waals surface area contributed by atoms with E-state index in [0.717, 1.165) is 24.1 Å². The molecule has 3 aromatic rings. The summed E-state index contributed by atoms with van der Waals surface area (Å²) in [4.78, 5) is 13.0. The Labute approximate surface area is 184 Å². The van der Waals surface area contributed by atoms with Crippen LogP contribution in [-0.4, -0.2) is 29.9 Å². The predicted octanol–water partition coefficient (Wildman–Crippen LogP) is 5.00. The molecule has 0 aliphatic heterocycles. The molecule has 0 spiro atoms. The van der Waals surface area contributed by atoms with Gasteiger partial charge in [0.1, 0.15) is 0 Å². The van der Waals surface area contributed by atoms with E-state index in [9.17, 15) is 4.79 Å². The van der Waals surface area contributed by atoms with E-state index in [4.69, 9.17) is 32.7 Å². The van der Waals surface area contributed by atoms with Gasteiger partial charge in [-0.25, -0.2) is 4.68 Å². The predicted molar refractivity (Wildman–Crippen MR) is 116 cm³/mol. The molecule has 0 bridgehead atoms. The number of rotatable bonds is 7. The molecule has 4 rings (SSSR count). The molecule has 1 saturated carbocycles. The molecule has 1 fully saturated rings. The van der Waals surface area contributed by atoms with Crippen molar-refractivity contribution in [1.82, 2.24) is 15.1 Å². The SMILES string of the molecule is COc1ccc(CNC(=O)c2cnn(-c3ccc(Cl)cc3Cl)c2C2CC2)cc1OC. The van der Waals surface area contributed by atoms with Gasteiger partial charge in [0.25, 0.3) is 5.91 Å². The second kappa shape index (κ2) is 8.58. The van der Waals surface area contributed by atoms with Gasteiger partial charge in [0, 0.05) is 17.5 Å². The summed E-state index contributed by atoms with van der Waals surface area (Å²) in [6, 6.07) is 10.8. The first-order valence-electron chi connectivity index (χ1n) is 9.54. The van der Waals surface area contributed by atoms with Crippen LogP contribution in [0.15, 0.2) is 42.6 Å². The van der Waals surface area contributed by atoms with Crippen molar-refractivity contribution in [3.05, 3.63) is 69.5 Å². The lowest BCUT2D eigenvalue weighted by atomic mass is 10.1. The number of methoxy groups -OCH3 is 2. The Bertz CT molecular complexity index is 1090. The number of benzene rings is 2. The summed E-state index contributed by atoms with van der Waals surface area (Å²) in [5.74, 6) is 1.38. The highest BCUT2D eigenvalue weighted by atomic mass is 35.5. The second-order valence-corrected chi connectivity index (χ2v) is 7.94. The Balaban J connectivity index is 1.57. The quantitative estimate of drug-likeness (QED) is 0.555. The van der Waals surface area contributed by atoms with Gasteiger partial charge in [-0.1, -0.05) is 29.3 Å².